The highest BCUT2D eigenvalue weighted by Crippen LogP contribution is 2.34. The van der Waals surface area contributed by atoms with Crippen molar-refractivity contribution in [3.8, 4) is 11.5 Å². The van der Waals surface area contributed by atoms with Gasteiger partial charge in [0.15, 0.2) is 18.3 Å². The molecule has 0 spiro atoms. The fourth-order valence-electron chi connectivity index (χ4n) is 2.48. The van der Waals surface area contributed by atoms with E-state index < -0.39 is 0 Å². The fraction of sp³-hybridized carbons (Fsp3) is 0.562. The Morgan fingerprint density at radius 3 is 2.67 bits per heavy atom. The molecule has 4 nitrogen and oxygen atoms in total. The van der Waals surface area contributed by atoms with Crippen LogP contribution in [-0.2, 0) is 4.74 Å². The van der Waals surface area contributed by atoms with Crippen molar-refractivity contribution in [2.75, 3.05) is 21.0 Å². The molecule has 0 bridgehead atoms. The van der Waals surface area contributed by atoms with Crippen molar-refractivity contribution in [3.05, 3.63) is 21.3 Å². The van der Waals surface area contributed by atoms with Crippen LogP contribution in [0.2, 0.25) is 0 Å². The molecule has 21 heavy (non-hydrogen) atoms. The number of halogens is 1. The van der Waals surface area contributed by atoms with Gasteiger partial charge in [0.05, 0.1) is 10.7 Å². The molecular weight excluding hydrogens is 381 g/mol. The molecule has 0 amide bonds. The Morgan fingerprint density at radius 1 is 1.24 bits per heavy atom. The molecule has 0 unspecified atom stereocenters. The van der Waals surface area contributed by atoms with Crippen molar-refractivity contribution in [2.24, 2.45) is 4.99 Å². The first-order chi connectivity index (χ1) is 10.3. The zero-order valence-corrected chi connectivity index (χ0v) is 14.8. The zero-order valence-electron chi connectivity index (χ0n) is 12.6. The average molecular weight is 403 g/mol. The fourth-order valence-corrected chi connectivity index (χ4v) is 3.22. The molecule has 0 heterocycles. The van der Waals surface area contributed by atoms with E-state index in [1.54, 1.807) is 14.2 Å². The van der Waals surface area contributed by atoms with E-state index in [2.05, 4.69) is 22.6 Å². The lowest BCUT2D eigenvalue weighted by Crippen LogP contribution is -2.10. The average Bonchev–Trinajstić information content (AvgIpc) is 2.53. The number of hydrogen-bond donors (Lipinski definition) is 0. The van der Waals surface area contributed by atoms with E-state index in [1.165, 1.54) is 32.1 Å². The Balaban J connectivity index is 2.16. The van der Waals surface area contributed by atoms with Gasteiger partial charge in [0, 0.05) is 24.9 Å². The second-order valence-corrected chi connectivity index (χ2v) is 6.20. The molecule has 1 aromatic carbocycles. The molecule has 1 saturated carbocycles. The maximum Gasteiger partial charge on any atom is 0.188 e. The van der Waals surface area contributed by atoms with E-state index in [9.17, 15) is 0 Å². The summed E-state index contributed by atoms with van der Waals surface area (Å²) in [6.07, 6.45) is 8.32. The Morgan fingerprint density at radius 2 is 2.00 bits per heavy atom. The molecule has 116 valence electrons. The molecule has 0 N–H and O–H groups in total. The SMILES string of the molecule is COCOc1c(OC)ccc(C=NC2CCCCC2)c1I. The molecule has 1 aromatic rings. The predicted octanol–water partition coefficient (Wildman–Crippen LogP) is 4.03. The first-order valence-electron chi connectivity index (χ1n) is 7.27. The van der Waals surface area contributed by atoms with Crippen LogP contribution in [0.5, 0.6) is 11.5 Å². The van der Waals surface area contributed by atoms with Crippen LogP contribution in [0, 0.1) is 3.57 Å². The van der Waals surface area contributed by atoms with Crippen molar-refractivity contribution >= 4 is 28.8 Å². The Kier molecular flexibility index (Phi) is 6.76. The number of hydrogen-bond acceptors (Lipinski definition) is 4. The number of aliphatic imine (C=N–C) groups is 1. The van der Waals surface area contributed by atoms with Crippen LogP contribution in [0.1, 0.15) is 37.7 Å². The van der Waals surface area contributed by atoms with Gasteiger partial charge >= 0.3 is 0 Å². The molecule has 0 atom stereocenters. The van der Waals surface area contributed by atoms with E-state index in [0.29, 0.717) is 17.5 Å². The summed E-state index contributed by atoms with van der Waals surface area (Å²) >= 11 is 2.27. The zero-order chi connectivity index (χ0) is 15.1. The summed E-state index contributed by atoms with van der Waals surface area (Å²) in [5.74, 6) is 1.43. The molecule has 2 rings (SSSR count). The minimum atomic E-state index is 0.204. The summed E-state index contributed by atoms with van der Waals surface area (Å²) in [5, 5.41) is 0. The molecule has 0 saturated heterocycles. The standard InChI is InChI=1S/C16H22INO3/c1-19-11-21-16-14(20-2)9-8-12(15(16)17)10-18-13-6-4-3-5-7-13/h8-10,13H,3-7,11H2,1-2H3. The third kappa shape index (κ3) is 4.57. The number of nitrogens with zero attached hydrogens (tertiary/aromatic N) is 1. The molecule has 0 radical (unpaired) electrons. The van der Waals surface area contributed by atoms with Crippen LogP contribution in [-0.4, -0.2) is 33.3 Å². The largest absolute Gasteiger partial charge is 0.493 e. The monoisotopic (exact) mass is 403 g/mol. The third-order valence-corrected chi connectivity index (χ3v) is 4.74. The quantitative estimate of drug-likeness (QED) is 0.409. The smallest absolute Gasteiger partial charge is 0.188 e. The highest BCUT2D eigenvalue weighted by atomic mass is 127. The van der Waals surface area contributed by atoms with E-state index in [0.717, 1.165) is 9.13 Å². The summed E-state index contributed by atoms with van der Waals surface area (Å²) < 4.78 is 17.0. The van der Waals surface area contributed by atoms with E-state index in [1.807, 2.05) is 18.3 Å². The molecule has 1 fully saturated rings. The first kappa shape index (κ1) is 16.5. The Hall–Kier alpha value is -0.820. The summed E-state index contributed by atoms with van der Waals surface area (Å²) in [4.78, 5) is 4.73. The van der Waals surface area contributed by atoms with Crippen LogP contribution < -0.4 is 9.47 Å². The highest BCUT2D eigenvalue weighted by molar-refractivity contribution is 14.1. The number of rotatable bonds is 6. The van der Waals surface area contributed by atoms with Gasteiger partial charge in [-0.1, -0.05) is 19.3 Å². The van der Waals surface area contributed by atoms with E-state index in [4.69, 9.17) is 19.2 Å². The minimum Gasteiger partial charge on any atom is -0.493 e. The Bertz CT molecular complexity index is 485. The van der Waals surface area contributed by atoms with Crippen molar-refractivity contribution in [1.29, 1.82) is 0 Å². The lowest BCUT2D eigenvalue weighted by Gasteiger charge is -2.17. The number of ether oxygens (including phenoxy) is 3. The molecule has 5 heteroatoms. The molecule has 0 aromatic heterocycles. The van der Waals surface area contributed by atoms with Crippen molar-refractivity contribution in [3.63, 3.8) is 0 Å². The maximum atomic E-state index is 5.62. The minimum absolute atomic E-state index is 0.204. The molecule has 1 aliphatic rings. The van der Waals surface area contributed by atoms with E-state index in [-0.39, 0.29) is 6.79 Å². The molecule has 0 aliphatic heterocycles. The van der Waals surface area contributed by atoms with Crippen molar-refractivity contribution in [1.82, 2.24) is 0 Å². The molecule has 1 aliphatic carbocycles. The highest BCUT2D eigenvalue weighted by Gasteiger charge is 2.14. The van der Waals surface area contributed by atoms with Gasteiger partial charge in [-0.15, -0.1) is 0 Å². The van der Waals surface area contributed by atoms with Gasteiger partial charge in [-0.25, -0.2) is 0 Å². The normalized spacial score (nSPS) is 16.3. The summed E-state index contributed by atoms with van der Waals surface area (Å²) in [6, 6.07) is 4.40. The number of benzene rings is 1. The first-order valence-corrected chi connectivity index (χ1v) is 8.35. The van der Waals surface area contributed by atoms with Crippen molar-refractivity contribution in [2.45, 2.75) is 38.1 Å². The topological polar surface area (TPSA) is 40.0 Å². The second-order valence-electron chi connectivity index (χ2n) is 5.12. The summed E-state index contributed by atoms with van der Waals surface area (Å²) in [7, 11) is 3.24. The van der Waals surface area contributed by atoms with Gasteiger partial charge in [-0.3, -0.25) is 4.99 Å². The van der Waals surface area contributed by atoms with Gasteiger partial charge in [-0.2, -0.15) is 0 Å². The van der Waals surface area contributed by atoms with Gasteiger partial charge in [0.2, 0.25) is 0 Å². The second kappa shape index (κ2) is 8.58. The van der Waals surface area contributed by atoms with Crippen LogP contribution in [0.15, 0.2) is 17.1 Å². The summed E-state index contributed by atoms with van der Waals surface area (Å²) in [5.41, 5.74) is 1.06. The lowest BCUT2D eigenvalue weighted by molar-refractivity contribution is 0.0485. The number of methoxy groups -OCH3 is 2. The third-order valence-electron chi connectivity index (χ3n) is 3.63. The van der Waals surface area contributed by atoms with Crippen LogP contribution in [0.3, 0.4) is 0 Å². The van der Waals surface area contributed by atoms with Crippen LogP contribution in [0.25, 0.3) is 0 Å². The predicted molar refractivity (Wildman–Crippen MR) is 92.7 cm³/mol. The summed E-state index contributed by atoms with van der Waals surface area (Å²) in [6.45, 7) is 0.204. The maximum absolute atomic E-state index is 5.62. The van der Waals surface area contributed by atoms with E-state index >= 15 is 0 Å². The van der Waals surface area contributed by atoms with Crippen LogP contribution >= 0.6 is 22.6 Å². The molecular formula is C16H22INO3. The Labute approximate surface area is 140 Å². The van der Waals surface area contributed by atoms with Crippen molar-refractivity contribution < 1.29 is 14.2 Å². The van der Waals surface area contributed by atoms with Gasteiger partial charge in [0.1, 0.15) is 0 Å². The van der Waals surface area contributed by atoms with Gasteiger partial charge in [0.25, 0.3) is 0 Å². The van der Waals surface area contributed by atoms with Gasteiger partial charge < -0.3 is 14.2 Å². The van der Waals surface area contributed by atoms with Gasteiger partial charge in [-0.05, 0) is 47.6 Å². The lowest BCUT2D eigenvalue weighted by atomic mass is 9.96. The van der Waals surface area contributed by atoms with Crippen LogP contribution in [0.4, 0.5) is 0 Å².